The Morgan fingerprint density at radius 2 is 1.02 bits per heavy atom. The van der Waals surface area contributed by atoms with E-state index in [-0.39, 0.29) is 5.41 Å². The zero-order chi connectivity index (χ0) is 33.0. The molecule has 6 aromatic carbocycles. The number of hydrogen-bond acceptors (Lipinski definition) is 3. The van der Waals surface area contributed by atoms with Gasteiger partial charge in [-0.2, -0.15) is 0 Å². The monoisotopic (exact) mass is 627 g/mol. The van der Waals surface area contributed by atoms with E-state index in [2.05, 4.69) is 152 Å². The van der Waals surface area contributed by atoms with Crippen molar-refractivity contribution in [2.45, 2.75) is 19.3 Å². The molecule has 3 heteroatoms. The van der Waals surface area contributed by atoms with Crippen LogP contribution in [0.2, 0.25) is 0 Å². The van der Waals surface area contributed by atoms with E-state index in [1.165, 1.54) is 49.7 Å². The van der Waals surface area contributed by atoms with Gasteiger partial charge in [0.1, 0.15) is 0 Å². The first-order valence-electron chi connectivity index (χ1n) is 16.8. The summed E-state index contributed by atoms with van der Waals surface area (Å²) in [6.45, 7) is 4.70. The van der Waals surface area contributed by atoms with Gasteiger partial charge < -0.3 is 0 Å². The van der Waals surface area contributed by atoms with Gasteiger partial charge in [0, 0.05) is 34.5 Å². The molecule has 0 spiro atoms. The lowest BCUT2D eigenvalue weighted by Gasteiger charge is -2.21. The average Bonchev–Trinajstić information content (AvgIpc) is 3.42. The van der Waals surface area contributed by atoms with Crippen LogP contribution in [0.3, 0.4) is 0 Å². The molecule has 49 heavy (non-hydrogen) atoms. The van der Waals surface area contributed by atoms with Crippen LogP contribution in [-0.2, 0) is 5.41 Å². The lowest BCUT2D eigenvalue weighted by atomic mass is 9.81. The normalized spacial score (nSPS) is 12.9. The van der Waals surface area contributed by atoms with Gasteiger partial charge in [0.15, 0.2) is 5.82 Å². The average molecular weight is 628 g/mol. The maximum Gasteiger partial charge on any atom is 0.160 e. The Bertz CT molecular complexity index is 2480. The molecule has 1 aliphatic carbocycles. The lowest BCUT2D eigenvalue weighted by Crippen LogP contribution is -2.14. The molecule has 0 aliphatic heterocycles. The highest BCUT2D eigenvalue weighted by Crippen LogP contribution is 2.54. The molecule has 9 rings (SSSR count). The molecule has 3 nitrogen and oxygen atoms in total. The fraction of sp³-hybridized carbons (Fsp3) is 0.0652. The molecule has 232 valence electrons. The third-order valence-corrected chi connectivity index (χ3v) is 10.0. The summed E-state index contributed by atoms with van der Waals surface area (Å²) >= 11 is 0. The second-order valence-electron chi connectivity index (χ2n) is 13.3. The van der Waals surface area contributed by atoms with Gasteiger partial charge in [0.2, 0.25) is 0 Å². The van der Waals surface area contributed by atoms with Gasteiger partial charge in [-0.15, -0.1) is 0 Å². The minimum Gasteiger partial charge on any atom is -0.265 e. The number of fused-ring (bicyclic) bond motifs is 5. The molecule has 1 aliphatic rings. The van der Waals surface area contributed by atoms with Crippen LogP contribution in [0, 0.1) is 0 Å². The maximum absolute atomic E-state index is 5.12. The van der Waals surface area contributed by atoms with Crippen LogP contribution in [0.15, 0.2) is 164 Å². The summed E-state index contributed by atoms with van der Waals surface area (Å²) in [7, 11) is 0. The van der Waals surface area contributed by atoms with Crippen LogP contribution >= 0.6 is 0 Å². The lowest BCUT2D eigenvalue weighted by molar-refractivity contribution is 0.661. The molecule has 0 saturated heterocycles. The van der Waals surface area contributed by atoms with Crippen LogP contribution in [0.25, 0.3) is 78.1 Å². The summed E-state index contributed by atoms with van der Waals surface area (Å²) in [6.07, 6.45) is 3.61. The Morgan fingerprint density at radius 3 is 1.78 bits per heavy atom. The van der Waals surface area contributed by atoms with Gasteiger partial charge >= 0.3 is 0 Å². The summed E-state index contributed by atoms with van der Waals surface area (Å²) in [5.41, 5.74) is 15.0. The van der Waals surface area contributed by atoms with Crippen molar-refractivity contribution in [1.82, 2.24) is 15.0 Å². The predicted molar refractivity (Wildman–Crippen MR) is 202 cm³/mol. The summed E-state index contributed by atoms with van der Waals surface area (Å²) in [5.74, 6) is 0.694. The third kappa shape index (κ3) is 4.94. The second-order valence-corrected chi connectivity index (χ2v) is 13.3. The maximum atomic E-state index is 5.12. The molecule has 0 amide bonds. The predicted octanol–water partition coefficient (Wildman–Crippen LogP) is 11.7. The van der Waals surface area contributed by atoms with E-state index >= 15 is 0 Å². The number of nitrogens with zero attached hydrogens (tertiary/aromatic N) is 3. The summed E-state index contributed by atoms with van der Waals surface area (Å²) in [5, 5.41) is 2.58. The van der Waals surface area contributed by atoms with Crippen molar-refractivity contribution in [3.63, 3.8) is 0 Å². The van der Waals surface area contributed by atoms with Crippen molar-refractivity contribution in [2.24, 2.45) is 0 Å². The molecular weight excluding hydrogens is 595 g/mol. The molecule has 2 aromatic heterocycles. The van der Waals surface area contributed by atoms with Crippen molar-refractivity contribution in [2.75, 3.05) is 0 Å². The second kappa shape index (κ2) is 11.5. The van der Waals surface area contributed by atoms with E-state index in [1.54, 1.807) is 12.4 Å². The quantitative estimate of drug-likeness (QED) is 0.191. The van der Waals surface area contributed by atoms with Crippen molar-refractivity contribution in [1.29, 1.82) is 0 Å². The van der Waals surface area contributed by atoms with E-state index in [1.807, 2.05) is 18.2 Å². The van der Waals surface area contributed by atoms with Crippen LogP contribution < -0.4 is 0 Å². The number of aromatic nitrogens is 3. The molecule has 0 atom stereocenters. The Kier molecular flexibility index (Phi) is 6.80. The number of pyridine rings is 1. The zero-order valence-corrected chi connectivity index (χ0v) is 27.4. The number of hydrogen-bond donors (Lipinski definition) is 0. The standard InChI is InChI=1S/C46H33N3/c1-46(2)39-14-8-13-38(43(39)44-37-12-7-6-11-32(37)23-24-40(44)46)33-17-19-34(20-18-33)41-29-42(35-25-27-47-28-26-35)49-45(48-41)36-21-15-31(16-22-36)30-9-4-3-5-10-30/h3-29H,1-2H3. The molecule has 0 radical (unpaired) electrons. The van der Waals surface area contributed by atoms with Crippen molar-refractivity contribution < 1.29 is 0 Å². The van der Waals surface area contributed by atoms with Crippen molar-refractivity contribution >= 4 is 10.8 Å². The van der Waals surface area contributed by atoms with Gasteiger partial charge in [-0.05, 0) is 73.5 Å². The van der Waals surface area contributed by atoms with Crippen LogP contribution in [0.1, 0.15) is 25.0 Å². The van der Waals surface area contributed by atoms with Gasteiger partial charge in [0.05, 0.1) is 11.4 Å². The minimum absolute atomic E-state index is 0.0787. The molecular formula is C46H33N3. The SMILES string of the molecule is CC1(C)c2cccc(-c3ccc(-c4cc(-c5ccncc5)nc(-c5ccc(-c6ccccc6)cc5)n4)cc3)c2-c2c1ccc1ccccc21. The van der Waals surface area contributed by atoms with E-state index in [9.17, 15) is 0 Å². The van der Waals surface area contributed by atoms with E-state index in [0.717, 1.165) is 33.6 Å². The fourth-order valence-electron chi connectivity index (χ4n) is 7.45. The van der Waals surface area contributed by atoms with E-state index < -0.39 is 0 Å². The van der Waals surface area contributed by atoms with Gasteiger partial charge in [-0.1, -0.05) is 147 Å². The van der Waals surface area contributed by atoms with Crippen molar-refractivity contribution in [3.8, 4) is 67.3 Å². The molecule has 0 unspecified atom stereocenters. The van der Waals surface area contributed by atoms with E-state index in [0.29, 0.717) is 5.82 Å². The molecule has 0 bridgehead atoms. The first-order valence-corrected chi connectivity index (χ1v) is 16.8. The highest BCUT2D eigenvalue weighted by atomic mass is 14.9. The van der Waals surface area contributed by atoms with E-state index in [4.69, 9.17) is 9.97 Å². The summed E-state index contributed by atoms with van der Waals surface area (Å²) < 4.78 is 0. The van der Waals surface area contributed by atoms with Crippen LogP contribution in [-0.4, -0.2) is 15.0 Å². The molecule has 8 aromatic rings. The molecule has 0 fully saturated rings. The zero-order valence-electron chi connectivity index (χ0n) is 27.4. The molecule has 0 saturated carbocycles. The number of rotatable bonds is 5. The largest absolute Gasteiger partial charge is 0.265 e. The molecule has 0 N–H and O–H groups in total. The Labute approximate surface area is 286 Å². The minimum atomic E-state index is -0.0787. The Morgan fingerprint density at radius 1 is 0.429 bits per heavy atom. The van der Waals surface area contributed by atoms with Crippen LogP contribution in [0.5, 0.6) is 0 Å². The fourth-order valence-corrected chi connectivity index (χ4v) is 7.45. The van der Waals surface area contributed by atoms with Crippen LogP contribution in [0.4, 0.5) is 0 Å². The first kappa shape index (κ1) is 29.0. The molecule has 2 heterocycles. The van der Waals surface area contributed by atoms with Gasteiger partial charge in [0.25, 0.3) is 0 Å². The third-order valence-electron chi connectivity index (χ3n) is 10.0. The Hall–Kier alpha value is -6.19. The first-order chi connectivity index (χ1) is 24.0. The number of benzene rings is 6. The summed E-state index contributed by atoms with van der Waals surface area (Å²) in [4.78, 5) is 14.4. The smallest absolute Gasteiger partial charge is 0.160 e. The highest BCUT2D eigenvalue weighted by Gasteiger charge is 2.37. The topological polar surface area (TPSA) is 38.7 Å². The highest BCUT2D eigenvalue weighted by molar-refractivity contribution is 6.06. The summed E-state index contributed by atoms with van der Waals surface area (Å²) in [6, 6.07) is 54.0. The van der Waals surface area contributed by atoms with Crippen molar-refractivity contribution in [3.05, 3.63) is 175 Å². The van der Waals surface area contributed by atoms with Gasteiger partial charge in [-0.25, -0.2) is 9.97 Å². The van der Waals surface area contributed by atoms with Gasteiger partial charge in [-0.3, -0.25) is 4.98 Å². The Balaban J connectivity index is 1.14.